The van der Waals surface area contributed by atoms with E-state index < -0.39 is 6.10 Å². The van der Waals surface area contributed by atoms with Crippen LogP contribution in [0.1, 0.15) is 18.9 Å². The summed E-state index contributed by atoms with van der Waals surface area (Å²) >= 11 is 9.49. The van der Waals surface area contributed by atoms with Gasteiger partial charge in [-0.05, 0) is 37.5 Å². The van der Waals surface area contributed by atoms with Crippen molar-refractivity contribution in [2.75, 3.05) is 6.61 Å². The third kappa shape index (κ3) is 5.53. The zero-order chi connectivity index (χ0) is 14.4. The summed E-state index contributed by atoms with van der Waals surface area (Å²) in [6.45, 7) is 6.01. The van der Waals surface area contributed by atoms with Crippen molar-refractivity contribution < 1.29 is 9.84 Å². The van der Waals surface area contributed by atoms with Crippen molar-refractivity contribution in [3.05, 3.63) is 45.6 Å². The second-order valence-electron chi connectivity index (χ2n) is 4.35. The first-order valence-corrected chi connectivity index (χ1v) is 7.30. The number of aliphatic hydroxyl groups is 1. The fourth-order valence-corrected chi connectivity index (χ4v) is 2.50. The molecule has 0 amide bonds. The van der Waals surface area contributed by atoms with Gasteiger partial charge in [-0.2, -0.15) is 0 Å². The number of aliphatic hydroxyl groups excluding tert-OH is 1. The second kappa shape index (κ2) is 7.90. The Kier molecular flexibility index (Phi) is 6.86. The number of benzene rings is 1. The highest BCUT2D eigenvalue weighted by Crippen LogP contribution is 2.23. The van der Waals surface area contributed by atoms with Crippen molar-refractivity contribution in [2.45, 2.75) is 31.9 Å². The van der Waals surface area contributed by atoms with E-state index >= 15 is 0 Å². The molecule has 0 bridgehead atoms. The van der Waals surface area contributed by atoms with Crippen LogP contribution in [0.25, 0.3) is 0 Å². The van der Waals surface area contributed by atoms with Gasteiger partial charge >= 0.3 is 0 Å². The Balaban J connectivity index is 2.55. The molecule has 106 valence electrons. The van der Waals surface area contributed by atoms with Crippen LogP contribution in [-0.4, -0.2) is 23.9 Å². The lowest BCUT2D eigenvalue weighted by atomic mass is 10.0. The number of rotatable bonds is 7. The quantitative estimate of drug-likeness (QED) is 0.744. The highest BCUT2D eigenvalue weighted by molar-refractivity contribution is 9.10. The van der Waals surface area contributed by atoms with E-state index in [0.717, 1.165) is 10.0 Å². The van der Waals surface area contributed by atoms with Gasteiger partial charge in [0.15, 0.2) is 0 Å². The van der Waals surface area contributed by atoms with Crippen LogP contribution in [0.5, 0.6) is 0 Å². The molecule has 0 fully saturated rings. The van der Waals surface area contributed by atoms with Crippen molar-refractivity contribution >= 4 is 27.5 Å². The van der Waals surface area contributed by atoms with Crippen molar-refractivity contribution in [1.82, 2.24) is 0 Å². The minimum Gasteiger partial charge on any atom is -0.496 e. The Bertz CT molecular complexity index is 439. The number of hydrogen-bond acceptors (Lipinski definition) is 3. The van der Waals surface area contributed by atoms with Gasteiger partial charge in [-0.1, -0.05) is 40.2 Å². The Hall–Kier alpha value is -0.550. The van der Waals surface area contributed by atoms with Gasteiger partial charge in [0.1, 0.15) is 11.9 Å². The van der Waals surface area contributed by atoms with E-state index in [2.05, 4.69) is 22.5 Å². The number of nitrogens with two attached hydrogens (primary N) is 1. The average Bonchev–Trinajstić information content (AvgIpc) is 2.33. The molecule has 19 heavy (non-hydrogen) atoms. The molecule has 0 radical (unpaired) electrons. The predicted octanol–water partition coefficient (Wildman–Crippen LogP) is 3.27. The zero-order valence-corrected chi connectivity index (χ0v) is 13.2. The minimum atomic E-state index is -0.746. The van der Waals surface area contributed by atoms with E-state index in [0.29, 0.717) is 30.2 Å². The molecular formula is C14H19BrClNO2. The molecule has 0 spiro atoms. The zero-order valence-electron chi connectivity index (χ0n) is 10.9. The summed E-state index contributed by atoms with van der Waals surface area (Å²) in [7, 11) is 0. The van der Waals surface area contributed by atoms with E-state index in [1.54, 1.807) is 0 Å². The SMILES string of the molecule is C=C(OCC)[C@H](O)C[C@H](N)Cc1ccc(Br)cc1Cl. The van der Waals surface area contributed by atoms with Crippen LogP contribution in [0.15, 0.2) is 35.0 Å². The lowest BCUT2D eigenvalue weighted by molar-refractivity contribution is 0.0983. The maximum atomic E-state index is 9.87. The van der Waals surface area contributed by atoms with Crippen LogP contribution in [0.4, 0.5) is 0 Å². The monoisotopic (exact) mass is 347 g/mol. The molecule has 3 N–H and O–H groups in total. The summed E-state index contributed by atoms with van der Waals surface area (Å²) < 4.78 is 6.09. The number of ether oxygens (including phenoxy) is 1. The van der Waals surface area contributed by atoms with E-state index in [1.165, 1.54) is 0 Å². The second-order valence-corrected chi connectivity index (χ2v) is 5.67. The molecule has 2 atom stereocenters. The van der Waals surface area contributed by atoms with Gasteiger partial charge in [0, 0.05) is 15.5 Å². The van der Waals surface area contributed by atoms with Crippen LogP contribution in [0.3, 0.4) is 0 Å². The lowest BCUT2D eigenvalue weighted by Crippen LogP contribution is -2.29. The molecule has 3 nitrogen and oxygen atoms in total. The van der Waals surface area contributed by atoms with Crippen LogP contribution in [0.2, 0.25) is 5.02 Å². The Morgan fingerprint density at radius 2 is 2.26 bits per heavy atom. The maximum Gasteiger partial charge on any atom is 0.117 e. The molecule has 0 aliphatic heterocycles. The highest BCUT2D eigenvalue weighted by Gasteiger charge is 2.16. The molecular weight excluding hydrogens is 330 g/mol. The molecule has 1 aromatic rings. The molecule has 0 heterocycles. The summed E-state index contributed by atoms with van der Waals surface area (Å²) in [4.78, 5) is 0. The topological polar surface area (TPSA) is 55.5 Å². The first-order chi connectivity index (χ1) is 8.93. The minimum absolute atomic E-state index is 0.203. The van der Waals surface area contributed by atoms with E-state index in [4.69, 9.17) is 22.1 Å². The summed E-state index contributed by atoms with van der Waals surface area (Å²) in [6.07, 6.45) is 0.248. The van der Waals surface area contributed by atoms with Gasteiger partial charge in [-0.25, -0.2) is 0 Å². The summed E-state index contributed by atoms with van der Waals surface area (Å²) in [6, 6.07) is 5.48. The third-order valence-electron chi connectivity index (χ3n) is 2.72. The van der Waals surface area contributed by atoms with E-state index in [1.807, 2.05) is 25.1 Å². The fourth-order valence-electron chi connectivity index (χ4n) is 1.75. The normalized spacial score (nSPS) is 13.9. The fraction of sp³-hybridized carbons (Fsp3) is 0.429. The van der Waals surface area contributed by atoms with Gasteiger partial charge in [0.25, 0.3) is 0 Å². The van der Waals surface area contributed by atoms with Gasteiger partial charge < -0.3 is 15.6 Å². The number of hydrogen-bond donors (Lipinski definition) is 2. The van der Waals surface area contributed by atoms with Crippen molar-refractivity contribution in [3.8, 4) is 0 Å². The van der Waals surface area contributed by atoms with E-state index in [-0.39, 0.29) is 6.04 Å². The van der Waals surface area contributed by atoms with Crippen LogP contribution in [-0.2, 0) is 11.2 Å². The van der Waals surface area contributed by atoms with Crippen LogP contribution < -0.4 is 5.73 Å². The summed E-state index contributed by atoms with van der Waals surface area (Å²) in [5, 5.41) is 10.5. The first kappa shape index (κ1) is 16.5. The summed E-state index contributed by atoms with van der Waals surface area (Å²) in [5.41, 5.74) is 6.98. The van der Waals surface area contributed by atoms with Gasteiger partial charge in [0.2, 0.25) is 0 Å². The Morgan fingerprint density at radius 1 is 1.58 bits per heavy atom. The Labute approximate surface area is 127 Å². The molecule has 1 rings (SSSR count). The first-order valence-electron chi connectivity index (χ1n) is 6.13. The highest BCUT2D eigenvalue weighted by atomic mass is 79.9. The molecule has 0 saturated carbocycles. The molecule has 0 aromatic heterocycles. The molecule has 0 aliphatic carbocycles. The molecule has 1 aromatic carbocycles. The lowest BCUT2D eigenvalue weighted by Gasteiger charge is -2.19. The van der Waals surface area contributed by atoms with Crippen LogP contribution in [0, 0.1) is 0 Å². The number of halogens is 2. The molecule has 5 heteroatoms. The Morgan fingerprint density at radius 3 is 2.84 bits per heavy atom. The average molecular weight is 349 g/mol. The predicted molar refractivity (Wildman–Crippen MR) is 82.2 cm³/mol. The molecule has 0 unspecified atom stereocenters. The van der Waals surface area contributed by atoms with Gasteiger partial charge in [0.05, 0.1) is 6.61 Å². The van der Waals surface area contributed by atoms with Crippen molar-refractivity contribution in [2.24, 2.45) is 5.73 Å². The smallest absolute Gasteiger partial charge is 0.117 e. The molecule has 0 aliphatic rings. The van der Waals surface area contributed by atoms with Crippen molar-refractivity contribution in [1.29, 1.82) is 0 Å². The molecule has 0 saturated heterocycles. The third-order valence-corrected chi connectivity index (χ3v) is 3.57. The van der Waals surface area contributed by atoms with Gasteiger partial charge in [-0.15, -0.1) is 0 Å². The largest absolute Gasteiger partial charge is 0.496 e. The van der Waals surface area contributed by atoms with Gasteiger partial charge in [-0.3, -0.25) is 0 Å². The maximum absolute atomic E-state index is 9.87. The van der Waals surface area contributed by atoms with Crippen molar-refractivity contribution in [3.63, 3.8) is 0 Å². The summed E-state index contributed by atoms with van der Waals surface area (Å²) in [5.74, 6) is 0.361. The van der Waals surface area contributed by atoms with E-state index in [9.17, 15) is 5.11 Å². The van der Waals surface area contributed by atoms with Crippen LogP contribution >= 0.6 is 27.5 Å². The standard InChI is InChI=1S/C14H19BrClNO2/c1-3-19-9(2)14(18)8-12(17)6-10-4-5-11(15)7-13(10)16/h4-5,7,12,14,18H,2-3,6,8,17H2,1H3/t12-,14-/m1/s1.